The lowest BCUT2D eigenvalue weighted by molar-refractivity contribution is 0.602. The van der Waals surface area contributed by atoms with Crippen LogP contribution in [0.5, 0.6) is 0 Å². The summed E-state index contributed by atoms with van der Waals surface area (Å²) in [5, 5.41) is 2.66. The zero-order chi connectivity index (χ0) is 40.1. The van der Waals surface area contributed by atoms with Crippen molar-refractivity contribution in [3.63, 3.8) is 0 Å². The molecule has 58 heavy (non-hydrogen) atoms. The number of fused-ring (bicyclic) bond motifs is 10. The Kier molecular flexibility index (Phi) is 8.12. The largest absolute Gasteiger partial charge is 0.310 e. The van der Waals surface area contributed by atoms with Gasteiger partial charge in [-0.05, 0) is 156 Å². The van der Waals surface area contributed by atoms with E-state index in [4.69, 9.17) is 0 Å². The second kappa shape index (κ2) is 13.1. The van der Waals surface area contributed by atoms with E-state index in [2.05, 4.69) is 223 Å². The molecule has 284 valence electrons. The summed E-state index contributed by atoms with van der Waals surface area (Å²) in [6.07, 6.45) is 0. The van der Waals surface area contributed by atoms with Crippen molar-refractivity contribution in [3.8, 4) is 22.3 Å². The predicted molar refractivity (Wildman–Crippen MR) is 247 cm³/mol. The van der Waals surface area contributed by atoms with Gasteiger partial charge in [-0.1, -0.05) is 135 Å². The van der Waals surface area contributed by atoms with Crippen LogP contribution in [0, 0.1) is 27.7 Å². The molecule has 0 fully saturated rings. The number of hydrogen-bond donors (Lipinski definition) is 0. The van der Waals surface area contributed by atoms with Crippen LogP contribution >= 0.6 is 0 Å². The van der Waals surface area contributed by atoms with E-state index in [1.807, 2.05) is 0 Å². The van der Waals surface area contributed by atoms with E-state index in [1.54, 1.807) is 0 Å². The van der Waals surface area contributed by atoms with Gasteiger partial charge >= 0.3 is 0 Å². The summed E-state index contributed by atoms with van der Waals surface area (Å²) in [4.78, 5) is 4.83. The molecule has 0 atom stereocenters. The number of hydrogen-bond acceptors (Lipinski definition) is 2. The van der Waals surface area contributed by atoms with E-state index in [9.17, 15) is 0 Å². The molecule has 2 aliphatic rings. The maximum absolute atomic E-state index is 2.48. The van der Waals surface area contributed by atoms with Gasteiger partial charge in [0.15, 0.2) is 0 Å². The highest BCUT2D eigenvalue weighted by Crippen LogP contribution is 2.63. The van der Waals surface area contributed by atoms with E-state index in [0.717, 1.165) is 22.7 Å². The van der Waals surface area contributed by atoms with Gasteiger partial charge in [0.1, 0.15) is 0 Å². The summed E-state index contributed by atoms with van der Waals surface area (Å²) in [7, 11) is 0. The van der Waals surface area contributed by atoms with Gasteiger partial charge in [-0.15, -0.1) is 0 Å². The lowest BCUT2D eigenvalue weighted by atomic mass is 9.71. The van der Waals surface area contributed by atoms with Crippen LogP contribution in [-0.4, -0.2) is 0 Å². The Morgan fingerprint density at radius 2 is 0.603 bits per heavy atom. The molecule has 2 heteroatoms. The summed E-state index contributed by atoms with van der Waals surface area (Å²) in [5.41, 5.74) is 22.6. The van der Waals surface area contributed by atoms with Crippen LogP contribution in [0.15, 0.2) is 158 Å². The third-order valence-corrected chi connectivity index (χ3v) is 13.0. The molecule has 0 unspecified atom stereocenters. The fourth-order valence-corrected chi connectivity index (χ4v) is 10.00. The highest BCUT2D eigenvalue weighted by Gasteiger charge is 2.47. The quantitative estimate of drug-likeness (QED) is 0.167. The first kappa shape index (κ1) is 36.0. The molecular weight excluding hydrogens is 701 g/mol. The zero-order valence-electron chi connectivity index (χ0n) is 34.9. The van der Waals surface area contributed by atoms with Crippen molar-refractivity contribution in [1.29, 1.82) is 0 Å². The minimum atomic E-state index is -0.251. The van der Waals surface area contributed by atoms with Crippen LogP contribution in [0.25, 0.3) is 33.0 Å². The molecular formula is C56H50N2. The van der Waals surface area contributed by atoms with Crippen molar-refractivity contribution in [2.75, 3.05) is 9.80 Å². The fraction of sp³-hybridized carbons (Fsp3) is 0.179. The molecule has 0 aliphatic heterocycles. The third-order valence-electron chi connectivity index (χ3n) is 13.0. The highest BCUT2D eigenvalue weighted by molar-refractivity contribution is 6.13. The number of anilines is 6. The van der Waals surface area contributed by atoms with Crippen LogP contribution in [0.4, 0.5) is 34.1 Å². The molecule has 0 bridgehead atoms. The van der Waals surface area contributed by atoms with E-state index < -0.39 is 0 Å². The first-order valence-corrected chi connectivity index (χ1v) is 20.7. The molecule has 0 radical (unpaired) electrons. The molecule has 8 aromatic carbocycles. The Morgan fingerprint density at radius 1 is 0.328 bits per heavy atom. The second-order valence-corrected chi connectivity index (χ2v) is 17.8. The predicted octanol–water partition coefficient (Wildman–Crippen LogP) is 15.6. The standard InChI is InChI=1S/C56H50N2/c1-35-13-21-39(22-14-35)57(40-23-15-36(2)16-24-40)43-29-31-47-49(33-43)55(5,6)53-51(47)45-11-9-10-12-46(45)52-48-32-30-44(34-50(48)56(7,8)54(52)53)58(41-25-17-37(3)18-26-41)42-27-19-38(4)20-28-42/h9-34H,1-8H3. The average Bonchev–Trinajstić information content (AvgIpc) is 3.60. The SMILES string of the molecule is Cc1ccc(N(c2ccc(C)cc2)c2ccc3c(c2)C(C)(C)c2c4c(c5ccccc5c2-3)-c2ccc(N(c3ccc(C)cc3)c3ccc(C)cc3)cc2C4(C)C)cc1. The van der Waals surface area contributed by atoms with Crippen molar-refractivity contribution in [1.82, 2.24) is 0 Å². The van der Waals surface area contributed by atoms with Gasteiger partial charge in [0.05, 0.1) is 0 Å². The molecule has 0 amide bonds. The first-order valence-electron chi connectivity index (χ1n) is 20.7. The topological polar surface area (TPSA) is 6.48 Å². The Hall–Kier alpha value is -6.38. The van der Waals surface area contributed by atoms with E-state index >= 15 is 0 Å². The van der Waals surface area contributed by atoms with Crippen molar-refractivity contribution in [2.24, 2.45) is 0 Å². The maximum Gasteiger partial charge on any atom is 0.0465 e. The fourth-order valence-electron chi connectivity index (χ4n) is 10.00. The maximum atomic E-state index is 2.48. The average molecular weight is 751 g/mol. The minimum Gasteiger partial charge on any atom is -0.310 e. The molecule has 10 rings (SSSR count). The van der Waals surface area contributed by atoms with E-state index in [-0.39, 0.29) is 10.8 Å². The second-order valence-electron chi connectivity index (χ2n) is 17.8. The Morgan fingerprint density at radius 3 is 0.897 bits per heavy atom. The smallest absolute Gasteiger partial charge is 0.0465 e. The van der Waals surface area contributed by atoms with Crippen LogP contribution in [0.1, 0.15) is 72.2 Å². The van der Waals surface area contributed by atoms with Crippen molar-refractivity contribution < 1.29 is 0 Å². The molecule has 0 spiro atoms. The van der Waals surface area contributed by atoms with Gasteiger partial charge in [-0.2, -0.15) is 0 Å². The monoisotopic (exact) mass is 750 g/mol. The van der Waals surface area contributed by atoms with Gasteiger partial charge in [-0.25, -0.2) is 0 Å². The number of benzene rings is 8. The summed E-state index contributed by atoms with van der Waals surface area (Å²) in [6.45, 7) is 18.5. The molecule has 0 N–H and O–H groups in total. The molecule has 2 aliphatic carbocycles. The summed E-state index contributed by atoms with van der Waals surface area (Å²) >= 11 is 0. The molecule has 0 aromatic heterocycles. The molecule has 0 heterocycles. The van der Waals surface area contributed by atoms with Crippen molar-refractivity contribution in [2.45, 2.75) is 66.2 Å². The lowest BCUT2D eigenvalue weighted by Gasteiger charge is -2.32. The number of nitrogens with zero attached hydrogens (tertiary/aromatic N) is 2. The summed E-state index contributed by atoms with van der Waals surface area (Å²) in [5.74, 6) is 0. The van der Waals surface area contributed by atoms with Gasteiger partial charge < -0.3 is 9.80 Å². The van der Waals surface area contributed by atoms with E-state index in [1.165, 1.54) is 88.9 Å². The van der Waals surface area contributed by atoms with E-state index in [0.29, 0.717) is 0 Å². The highest BCUT2D eigenvalue weighted by atomic mass is 15.1. The third kappa shape index (κ3) is 5.46. The first-order chi connectivity index (χ1) is 27.9. The molecule has 8 aromatic rings. The Balaban J connectivity index is 1.16. The number of rotatable bonds is 6. The normalized spacial score (nSPS) is 14.1. The van der Waals surface area contributed by atoms with Gasteiger partial charge in [-0.3, -0.25) is 0 Å². The minimum absolute atomic E-state index is 0.251. The van der Waals surface area contributed by atoms with Crippen molar-refractivity contribution in [3.05, 3.63) is 202 Å². The number of aryl methyl sites for hydroxylation is 4. The summed E-state index contributed by atoms with van der Waals surface area (Å²) in [6, 6.07) is 59.3. The Bertz CT molecular complexity index is 2600. The van der Waals surface area contributed by atoms with Crippen molar-refractivity contribution >= 4 is 44.9 Å². The van der Waals surface area contributed by atoms with Gasteiger partial charge in [0, 0.05) is 45.0 Å². The molecule has 0 saturated carbocycles. The van der Waals surface area contributed by atoms with Gasteiger partial charge in [0.25, 0.3) is 0 Å². The van der Waals surface area contributed by atoms with Crippen LogP contribution in [0.3, 0.4) is 0 Å². The summed E-state index contributed by atoms with van der Waals surface area (Å²) < 4.78 is 0. The van der Waals surface area contributed by atoms with Gasteiger partial charge in [0.2, 0.25) is 0 Å². The van der Waals surface area contributed by atoms with Crippen LogP contribution in [-0.2, 0) is 10.8 Å². The molecule has 2 nitrogen and oxygen atoms in total. The van der Waals surface area contributed by atoms with Crippen LogP contribution < -0.4 is 9.80 Å². The Labute approximate surface area is 344 Å². The van der Waals surface area contributed by atoms with Crippen LogP contribution in [0.2, 0.25) is 0 Å². The molecule has 0 saturated heterocycles. The lowest BCUT2D eigenvalue weighted by Crippen LogP contribution is -2.24. The zero-order valence-corrected chi connectivity index (χ0v) is 34.9.